The molecule has 0 aliphatic carbocycles. The Labute approximate surface area is 81.7 Å². The van der Waals surface area contributed by atoms with Crippen LogP contribution in [0.4, 0.5) is 0 Å². The maximum absolute atomic E-state index is 10.9. The summed E-state index contributed by atoms with van der Waals surface area (Å²) in [7, 11) is -0.520. The van der Waals surface area contributed by atoms with Crippen molar-refractivity contribution in [3.05, 3.63) is 23.0 Å². The number of carbonyl (C=O) groups is 1. The molecule has 0 aromatic carbocycles. The molecule has 1 unspecified atom stereocenters. The minimum absolute atomic E-state index is 0.162. The van der Waals surface area contributed by atoms with Crippen molar-refractivity contribution >= 4 is 16.9 Å². The molecule has 0 radical (unpaired) electrons. The van der Waals surface area contributed by atoms with Crippen LogP contribution in [0.15, 0.2) is 23.0 Å². The summed E-state index contributed by atoms with van der Waals surface area (Å²) in [5.41, 5.74) is 0. The number of unbranched alkanes of at least 4 members (excludes halogenated alkanes) is 1. The van der Waals surface area contributed by atoms with Gasteiger partial charge in [-0.05, 0) is 17.2 Å². The average molecular weight is 200 g/mol. The van der Waals surface area contributed by atoms with Crippen molar-refractivity contribution in [2.45, 2.75) is 31.4 Å². The van der Waals surface area contributed by atoms with Crippen LogP contribution in [0.3, 0.4) is 0 Å². The zero-order chi connectivity index (χ0) is 9.68. The molecular weight excluding hydrogens is 184 g/mol. The number of carboxylic acid groups (broad SMARTS) is 1. The van der Waals surface area contributed by atoms with E-state index in [-0.39, 0.29) is 5.25 Å². The van der Waals surface area contributed by atoms with Crippen molar-refractivity contribution in [3.8, 4) is 0 Å². The number of carboxylic acids is 1. The molecule has 1 heterocycles. The Morgan fingerprint density at radius 2 is 2.08 bits per heavy atom. The molecule has 0 saturated carbocycles. The fourth-order valence-electron chi connectivity index (χ4n) is 1.35. The highest BCUT2D eigenvalue weighted by Crippen LogP contribution is 2.40. The minimum atomic E-state index is -0.643. The fraction of sp³-hybridized carbons (Fsp3) is 0.500. The minimum Gasteiger partial charge on any atom is -0.480 e. The summed E-state index contributed by atoms with van der Waals surface area (Å²) >= 11 is 0. The topological polar surface area (TPSA) is 37.3 Å². The Hall–Kier alpha value is -0.700. The van der Waals surface area contributed by atoms with Gasteiger partial charge in [0.05, 0.1) is 5.25 Å². The van der Waals surface area contributed by atoms with E-state index in [4.69, 9.17) is 5.11 Å². The van der Waals surface area contributed by atoms with Crippen molar-refractivity contribution in [1.29, 1.82) is 0 Å². The molecule has 0 spiro atoms. The first kappa shape index (κ1) is 10.4. The second-order valence-corrected chi connectivity index (χ2v) is 5.24. The van der Waals surface area contributed by atoms with E-state index in [2.05, 4.69) is 6.92 Å². The first-order valence-electron chi connectivity index (χ1n) is 4.61. The Morgan fingerprint density at radius 3 is 2.54 bits per heavy atom. The molecule has 74 valence electrons. The van der Waals surface area contributed by atoms with Crippen molar-refractivity contribution in [1.82, 2.24) is 0 Å². The maximum atomic E-state index is 10.9. The summed E-state index contributed by atoms with van der Waals surface area (Å²) in [4.78, 5) is 10.9. The third-order valence-electron chi connectivity index (χ3n) is 2.10. The summed E-state index contributed by atoms with van der Waals surface area (Å²) in [5, 5.41) is 12.9. The van der Waals surface area contributed by atoms with E-state index in [1.165, 1.54) is 0 Å². The van der Waals surface area contributed by atoms with Gasteiger partial charge in [0.1, 0.15) is 0 Å². The van der Waals surface area contributed by atoms with Crippen LogP contribution in [0.1, 0.15) is 26.2 Å². The molecule has 0 bridgehead atoms. The first-order chi connectivity index (χ1) is 6.25. The van der Waals surface area contributed by atoms with E-state index >= 15 is 0 Å². The van der Waals surface area contributed by atoms with E-state index in [1.54, 1.807) is 0 Å². The lowest BCUT2D eigenvalue weighted by atomic mass is 10.2. The molecule has 1 aliphatic rings. The molecule has 0 fully saturated rings. The van der Waals surface area contributed by atoms with Crippen LogP contribution < -0.4 is 0 Å². The van der Waals surface area contributed by atoms with Crippen LogP contribution in [-0.2, 0) is 4.79 Å². The fourth-order valence-corrected chi connectivity index (χ4v) is 3.20. The number of rotatable bonds is 5. The smallest absolute Gasteiger partial charge is 0.315 e. The number of aliphatic carboxylic acids is 1. The highest BCUT2D eigenvalue weighted by Gasteiger charge is 2.21. The van der Waals surface area contributed by atoms with Crippen LogP contribution >= 0.6 is 10.9 Å². The van der Waals surface area contributed by atoms with Crippen molar-refractivity contribution in [2.75, 3.05) is 0 Å². The number of allylic oxidation sites excluding steroid dienone is 2. The van der Waals surface area contributed by atoms with Gasteiger partial charge >= 0.3 is 5.97 Å². The van der Waals surface area contributed by atoms with Crippen LogP contribution in [0.2, 0.25) is 0 Å². The van der Waals surface area contributed by atoms with Gasteiger partial charge in [0, 0.05) is 0 Å². The molecule has 13 heavy (non-hydrogen) atoms. The molecular formula is C10H16O2S. The Morgan fingerprint density at radius 1 is 1.46 bits per heavy atom. The largest absolute Gasteiger partial charge is 0.480 e. The van der Waals surface area contributed by atoms with Gasteiger partial charge in [-0.2, -0.15) is 10.9 Å². The van der Waals surface area contributed by atoms with Gasteiger partial charge < -0.3 is 5.11 Å². The van der Waals surface area contributed by atoms with Gasteiger partial charge in [-0.25, -0.2) is 0 Å². The third-order valence-corrected chi connectivity index (χ3v) is 4.34. The van der Waals surface area contributed by atoms with Crippen LogP contribution in [-0.4, -0.2) is 16.3 Å². The van der Waals surface area contributed by atoms with Gasteiger partial charge in [0.25, 0.3) is 0 Å². The Bertz CT molecular complexity index is 221. The quantitative estimate of drug-likeness (QED) is 0.669. The zero-order valence-electron chi connectivity index (χ0n) is 7.81. The summed E-state index contributed by atoms with van der Waals surface area (Å²) < 4.78 is 0. The molecule has 0 aromatic rings. The van der Waals surface area contributed by atoms with Gasteiger partial charge in [0.15, 0.2) is 0 Å². The predicted molar refractivity (Wildman–Crippen MR) is 58.2 cm³/mol. The van der Waals surface area contributed by atoms with Crippen molar-refractivity contribution in [3.63, 3.8) is 0 Å². The SMILES string of the molecule is CCCCC(C(=O)O)[SH]1C=CC=C1. The van der Waals surface area contributed by atoms with E-state index < -0.39 is 16.9 Å². The van der Waals surface area contributed by atoms with Gasteiger partial charge in [-0.15, -0.1) is 0 Å². The number of thiol groups is 1. The normalized spacial score (nSPS) is 19.3. The first-order valence-corrected chi connectivity index (χ1v) is 6.16. The van der Waals surface area contributed by atoms with Crippen LogP contribution in [0.5, 0.6) is 0 Å². The average Bonchev–Trinajstić information content (AvgIpc) is 2.57. The highest BCUT2D eigenvalue weighted by atomic mass is 32.2. The summed E-state index contributed by atoms with van der Waals surface area (Å²) in [6.07, 6.45) is 6.80. The third kappa shape index (κ3) is 2.92. The predicted octanol–water partition coefficient (Wildman–Crippen LogP) is 2.67. The molecule has 1 aliphatic heterocycles. The van der Waals surface area contributed by atoms with Gasteiger partial charge in [-0.1, -0.05) is 31.9 Å². The zero-order valence-corrected chi connectivity index (χ0v) is 8.71. The molecule has 1 atom stereocenters. The lowest BCUT2D eigenvalue weighted by Gasteiger charge is -2.19. The standard InChI is InChI=1S/C10H16O2S/c1-2-3-6-9(10(11)12)13-7-4-5-8-13/h4-5,7-9,13H,2-3,6H2,1H3,(H,11,12). The molecule has 0 saturated heterocycles. The van der Waals surface area contributed by atoms with E-state index in [0.717, 1.165) is 19.3 Å². The lowest BCUT2D eigenvalue weighted by molar-refractivity contribution is -0.136. The summed E-state index contributed by atoms with van der Waals surface area (Å²) in [6.45, 7) is 2.09. The number of hydrogen-bond acceptors (Lipinski definition) is 1. The van der Waals surface area contributed by atoms with Gasteiger partial charge in [-0.3, -0.25) is 4.79 Å². The molecule has 0 aromatic heterocycles. The summed E-state index contributed by atoms with van der Waals surface area (Å²) in [5.74, 6) is -0.643. The highest BCUT2D eigenvalue weighted by molar-refractivity contribution is 8.23. The van der Waals surface area contributed by atoms with Crippen LogP contribution in [0.25, 0.3) is 0 Å². The summed E-state index contributed by atoms with van der Waals surface area (Å²) in [6, 6.07) is 0. The van der Waals surface area contributed by atoms with E-state index in [9.17, 15) is 4.79 Å². The molecule has 0 amide bonds. The molecule has 1 rings (SSSR count). The Balaban J connectivity index is 2.51. The van der Waals surface area contributed by atoms with E-state index in [1.807, 2.05) is 23.0 Å². The second-order valence-electron chi connectivity index (χ2n) is 3.13. The van der Waals surface area contributed by atoms with E-state index in [0.29, 0.717) is 0 Å². The van der Waals surface area contributed by atoms with Crippen molar-refractivity contribution in [2.24, 2.45) is 0 Å². The monoisotopic (exact) mass is 200 g/mol. The lowest BCUT2D eigenvalue weighted by Crippen LogP contribution is -2.18. The van der Waals surface area contributed by atoms with Crippen molar-refractivity contribution < 1.29 is 9.90 Å². The van der Waals surface area contributed by atoms with Gasteiger partial charge in [0.2, 0.25) is 0 Å². The molecule has 2 nitrogen and oxygen atoms in total. The Kier molecular flexibility index (Phi) is 4.09. The molecule has 3 heteroatoms. The number of hydrogen-bond donors (Lipinski definition) is 2. The van der Waals surface area contributed by atoms with Crippen LogP contribution in [0, 0.1) is 0 Å². The maximum Gasteiger partial charge on any atom is 0.315 e. The second kappa shape index (κ2) is 5.12. The molecule has 1 N–H and O–H groups in total.